The monoisotopic (exact) mass is 205 g/mol. The van der Waals surface area contributed by atoms with E-state index < -0.39 is 5.72 Å². The Morgan fingerprint density at radius 1 is 1.40 bits per heavy atom. The lowest BCUT2D eigenvalue weighted by Crippen LogP contribution is -2.57. The zero-order valence-electron chi connectivity index (χ0n) is 8.88. The summed E-state index contributed by atoms with van der Waals surface area (Å²) in [5.41, 5.74) is 2.59. The fourth-order valence-corrected chi connectivity index (χ4v) is 1.54. The van der Waals surface area contributed by atoms with Crippen molar-refractivity contribution < 1.29 is 5.11 Å². The second kappa shape index (κ2) is 3.73. The molecule has 0 saturated carbocycles. The number of rotatable bonds is 1. The average molecular weight is 205 g/mol. The van der Waals surface area contributed by atoms with Gasteiger partial charge in [-0.15, -0.1) is 0 Å². The Morgan fingerprint density at radius 2 is 2.07 bits per heavy atom. The van der Waals surface area contributed by atoms with Crippen molar-refractivity contribution in [1.82, 2.24) is 10.4 Å². The molecule has 0 aliphatic carbocycles. The van der Waals surface area contributed by atoms with E-state index >= 15 is 0 Å². The molecule has 0 bridgehead atoms. The summed E-state index contributed by atoms with van der Waals surface area (Å²) in [6.45, 7) is 1.95. The zero-order chi connectivity index (χ0) is 10.9. The van der Waals surface area contributed by atoms with Crippen molar-refractivity contribution in [3.05, 3.63) is 35.9 Å². The van der Waals surface area contributed by atoms with Crippen LogP contribution in [0.4, 0.5) is 0 Å². The molecule has 2 N–H and O–H groups in total. The fraction of sp³-hybridized carbons (Fsp3) is 0.364. The van der Waals surface area contributed by atoms with Gasteiger partial charge in [0.15, 0.2) is 5.72 Å². The summed E-state index contributed by atoms with van der Waals surface area (Å²) >= 11 is 0. The summed E-state index contributed by atoms with van der Waals surface area (Å²) in [7, 11) is 1.86. The molecule has 15 heavy (non-hydrogen) atoms. The molecule has 4 nitrogen and oxygen atoms in total. The number of hydrogen-bond acceptors (Lipinski definition) is 4. The predicted octanol–water partition coefficient (Wildman–Crippen LogP) is 0.699. The number of nitrogens with zero attached hydrogens (tertiary/aromatic N) is 2. The maximum atomic E-state index is 10.3. The lowest BCUT2D eigenvalue weighted by Gasteiger charge is -2.37. The average Bonchev–Trinajstić information content (AvgIpc) is 2.26. The fourth-order valence-electron chi connectivity index (χ4n) is 1.54. The van der Waals surface area contributed by atoms with Crippen molar-refractivity contribution in [2.75, 3.05) is 7.05 Å². The maximum absolute atomic E-state index is 10.3. The number of benzene rings is 1. The van der Waals surface area contributed by atoms with Crippen LogP contribution in [0, 0.1) is 0 Å². The molecular weight excluding hydrogens is 190 g/mol. The quantitative estimate of drug-likeness (QED) is 0.709. The minimum atomic E-state index is -1.19. The van der Waals surface area contributed by atoms with Gasteiger partial charge in [-0.3, -0.25) is 4.99 Å². The molecule has 1 aromatic carbocycles. The standard InChI is InChI=1S/C11H15N3O/c1-9-12-8-11(15,13-14(9)2)10-6-4-3-5-7-10/h3-9,13,15H,1-2H3. The number of hydrogen-bond donors (Lipinski definition) is 2. The largest absolute Gasteiger partial charge is 0.366 e. The van der Waals surface area contributed by atoms with Crippen LogP contribution < -0.4 is 5.43 Å². The molecule has 4 heteroatoms. The van der Waals surface area contributed by atoms with Crippen LogP contribution in [0.15, 0.2) is 35.3 Å². The Balaban J connectivity index is 2.33. The number of hydrazine groups is 1. The minimum absolute atomic E-state index is 0.0361. The molecule has 0 fully saturated rings. The van der Waals surface area contributed by atoms with Gasteiger partial charge in [-0.1, -0.05) is 30.3 Å². The third-order valence-electron chi connectivity index (χ3n) is 2.60. The van der Waals surface area contributed by atoms with Crippen molar-refractivity contribution in [2.45, 2.75) is 18.8 Å². The molecule has 2 rings (SSSR count). The normalized spacial score (nSPS) is 31.8. The van der Waals surface area contributed by atoms with E-state index in [9.17, 15) is 5.11 Å². The smallest absolute Gasteiger partial charge is 0.191 e. The van der Waals surface area contributed by atoms with Gasteiger partial charge in [0.2, 0.25) is 0 Å². The second-order valence-electron chi connectivity index (χ2n) is 3.77. The molecule has 1 heterocycles. The van der Waals surface area contributed by atoms with Crippen LogP contribution in [0.25, 0.3) is 0 Å². The Kier molecular flexibility index (Phi) is 2.56. The third kappa shape index (κ3) is 1.92. The van der Waals surface area contributed by atoms with Crippen LogP contribution in [0.2, 0.25) is 0 Å². The molecule has 1 aliphatic heterocycles. The van der Waals surface area contributed by atoms with Gasteiger partial charge in [-0.05, 0) is 6.92 Å². The van der Waals surface area contributed by atoms with Gasteiger partial charge < -0.3 is 5.11 Å². The highest BCUT2D eigenvalue weighted by atomic mass is 16.3. The first kappa shape index (κ1) is 10.3. The van der Waals surface area contributed by atoms with Crippen molar-refractivity contribution in [2.24, 2.45) is 4.99 Å². The Morgan fingerprint density at radius 3 is 2.67 bits per heavy atom. The van der Waals surface area contributed by atoms with Crippen molar-refractivity contribution in [3.8, 4) is 0 Å². The molecule has 2 atom stereocenters. The first-order chi connectivity index (χ1) is 7.12. The zero-order valence-corrected chi connectivity index (χ0v) is 8.88. The van der Waals surface area contributed by atoms with Crippen LogP contribution in [0.3, 0.4) is 0 Å². The number of nitrogens with one attached hydrogen (secondary N) is 1. The summed E-state index contributed by atoms with van der Waals surface area (Å²) in [6, 6.07) is 9.42. The van der Waals surface area contributed by atoms with Gasteiger partial charge in [-0.25, -0.2) is 10.4 Å². The first-order valence-corrected chi connectivity index (χ1v) is 4.95. The van der Waals surface area contributed by atoms with Gasteiger partial charge in [0.25, 0.3) is 0 Å². The molecule has 80 valence electrons. The Hall–Kier alpha value is -1.23. The van der Waals surface area contributed by atoms with E-state index in [2.05, 4.69) is 10.4 Å². The lowest BCUT2D eigenvalue weighted by molar-refractivity contribution is -0.0251. The molecule has 1 aliphatic rings. The van der Waals surface area contributed by atoms with Gasteiger partial charge in [0, 0.05) is 12.6 Å². The van der Waals surface area contributed by atoms with E-state index in [4.69, 9.17) is 0 Å². The van der Waals surface area contributed by atoms with Crippen molar-refractivity contribution in [3.63, 3.8) is 0 Å². The maximum Gasteiger partial charge on any atom is 0.191 e. The number of aliphatic hydroxyl groups is 1. The topological polar surface area (TPSA) is 47.9 Å². The molecule has 0 aromatic heterocycles. The summed E-state index contributed by atoms with van der Waals surface area (Å²) in [6.07, 6.45) is 1.58. The second-order valence-corrected chi connectivity index (χ2v) is 3.77. The van der Waals surface area contributed by atoms with Crippen LogP contribution in [-0.2, 0) is 5.72 Å². The lowest BCUT2D eigenvalue weighted by atomic mass is 10.0. The molecule has 0 amide bonds. The van der Waals surface area contributed by atoms with Crippen LogP contribution in [0.1, 0.15) is 12.5 Å². The van der Waals surface area contributed by atoms with E-state index in [0.29, 0.717) is 0 Å². The van der Waals surface area contributed by atoms with E-state index in [0.717, 1.165) is 5.56 Å². The summed E-state index contributed by atoms with van der Waals surface area (Å²) in [4.78, 5) is 4.23. The Bertz CT molecular complexity index is 365. The van der Waals surface area contributed by atoms with Gasteiger partial charge in [-0.2, -0.15) is 0 Å². The van der Waals surface area contributed by atoms with E-state index in [1.807, 2.05) is 44.3 Å². The van der Waals surface area contributed by atoms with E-state index in [1.54, 1.807) is 11.2 Å². The summed E-state index contributed by atoms with van der Waals surface area (Å²) < 4.78 is 0. The van der Waals surface area contributed by atoms with Gasteiger partial charge >= 0.3 is 0 Å². The highest BCUT2D eigenvalue weighted by molar-refractivity contribution is 5.71. The predicted molar refractivity (Wildman–Crippen MR) is 59.2 cm³/mol. The summed E-state index contributed by atoms with van der Waals surface area (Å²) in [5.74, 6) is 0. The van der Waals surface area contributed by atoms with Gasteiger partial charge in [0.1, 0.15) is 6.17 Å². The molecule has 0 saturated heterocycles. The van der Waals surface area contributed by atoms with Crippen LogP contribution in [0.5, 0.6) is 0 Å². The van der Waals surface area contributed by atoms with Crippen molar-refractivity contribution in [1.29, 1.82) is 0 Å². The molecule has 2 unspecified atom stereocenters. The molecule has 0 radical (unpaired) electrons. The highest BCUT2D eigenvalue weighted by Crippen LogP contribution is 2.19. The van der Waals surface area contributed by atoms with E-state index in [1.165, 1.54) is 0 Å². The van der Waals surface area contributed by atoms with Crippen LogP contribution in [-0.4, -0.2) is 29.5 Å². The van der Waals surface area contributed by atoms with E-state index in [-0.39, 0.29) is 6.17 Å². The van der Waals surface area contributed by atoms with Crippen LogP contribution >= 0.6 is 0 Å². The Labute approximate surface area is 89.2 Å². The molecule has 1 aromatic rings. The number of aliphatic imine (C=N–C) groups is 1. The van der Waals surface area contributed by atoms with Crippen molar-refractivity contribution >= 4 is 6.21 Å². The first-order valence-electron chi connectivity index (χ1n) is 4.95. The SMILES string of the molecule is CC1N=CC(O)(c2ccccc2)NN1C. The minimum Gasteiger partial charge on any atom is -0.366 e. The third-order valence-corrected chi connectivity index (χ3v) is 2.60. The summed E-state index contributed by atoms with van der Waals surface area (Å²) in [5, 5.41) is 12.1. The highest BCUT2D eigenvalue weighted by Gasteiger charge is 2.32. The van der Waals surface area contributed by atoms with Gasteiger partial charge in [0.05, 0.1) is 6.21 Å². The molecular formula is C11H15N3O. The molecule has 0 spiro atoms.